The second-order valence-corrected chi connectivity index (χ2v) is 8.79. The van der Waals surface area contributed by atoms with Crippen LogP contribution in [0, 0.1) is 13.8 Å². The Balaban J connectivity index is 1.88. The third-order valence-corrected chi connectivity index (χ3v) is 6.27. The molecule has 3 aromatic rings. The Hall–Kier alpha value is -2.26. The molecule has 136 valence electrons. The van der Waals surface area contributed by atoms with Gasteiger partial charge in [0.1, 0.15) is 0 Å². The molecule has 0 radical (unpaired) electrons. The van der Waals surface area contributed by atoms with Gasteiger partial charge in [-0.15, -0.1) is 0 Å². The van der Waals surface area contributed by atoms with Crippen molar-refractivity contribution in [2.75, 3.05) is 5.43 Å². The van der Waals surface area contributed by atoms with Gasteiger partial charge in [0.05, 0.1) is 10.6 Å². The lowest BCUT2D eigenvalue weighted by Crippen LogP contribution is -2.23. The summed E-state index contributed by atoms with van der Waals surface area (Å²) in [4.78, 5) is 5.50. The van der Waals surface area contributed by atoms with Crippen LogP contribution >= 0.6 is 11.3 Å². The first-order valence-electron chi connectivity index (χ1n) is 7.99. The van der Waals surface area contributed by atoms with Crippen LogP contribution in [0.5, 0.6) is 0 Å². The number of rotatable bonds is 6. The number of anilines is 1. The highest BCUT2D eigenvalue weighted by Crippen LogP contribution is 2.31. The molecule has 4 N–H and O–H groups in total. The number of hydrogen-bond acceptors (Lipinski definition) is 6. The molecule has 3 rings (SSSR count). The average Bonchev–Trinajstić information content (AvgIpc) is 3.04. The normalized spacial score (nSPS) is 11.5. The topological polar surface area (TPSA) is 97.1 Å². The Bertz CT molecular complexity index is 1010. The lowest BCUT2D eigenvalue weighted by molar-refractivity contribution is 0.582. The zero-order valence-corrected chi connectivity index (χ0v) is 16.1. The first-order valence-corrected chi connectivity index (χ1v) is 10.3. The summed E-state index contributed by atoms with van der Waals surface area (Å²) in [6, 6.07) is 14.6. The molecule has 26 heavy (non-hydrogen) atoms. The standard InChI is InChI=1S/C18H20N4O2S2/c1-12-6-8-15(9-7-12)26(23,24)20-11-16-17(21-18(22-19)25-16)14-5-3-4-13(2)10-14/h3-10,20H,11,19H2,1-2H3,(H,21,22). The average molecular weight is 389 g/mol. The number of nitrogens with zero attached hydrogens (tertiary/aromatic N) is 1. The third kappa shape index (κ3) is 4.10. The molecule has 0 aliphatic carbocycles. The number of nitrogens with two attached hydrogens (primary N) is 1. The van der Waals surface area contributed by atoms with Crippen molar-refractivity contribution in [3.63, 3.8) is 0 Å². The van der Waals surface area contributed by atoms with Crippen molar-refractivity contribution in [2.45, 2.75) is 25.3 Å². The molecule has 0 spiro atoms. The summed E-state index contributed by atoms with van der Waals surface area (Å²) in [5.74, 6) is 5.49. The summed E-state index contributed by atoms with van der Waals surface area (Å²) in [6.07, 6.45) is 0. The maximum Gasteiger partial charge on any atom is 0.240 e. The Morgan fingerprint density at radius 2 is 1.81 bits per heavy atom. The van der Waals surface area contributed by atoms with Crippen molar-refractivity contribution in [3.05, 3.63) is 64.5 Å². The van der Waals surface area contributed by atoms with Gasteiger partial charge in [-0.1, -0.05) is 52.8 Å². The molecule has 0 unspecified atom stereocenters. The Kier molecular flexibility index (Phi) is 5.38. The lowest BCUT2D eigenvalue weighted by atomic mass is 10.1. The molecular weight excluding hydrogens is 368 g/mol. The van der Waals surface area contributed by atoms with E-state index >= 15 is 0 Å². The van der Waals surface area contributed by atoms with E-state index in [0.29, 0.717) is 5.13 Å². The van der Waals surface area contributed by atoms with E-state index in [2.05, 4.69) is 15.1 Å². The fraction of sp³-hybridized carbons (Fsp3) is 0.167. The number of aryl methyl sites for hydroxylation is 2. The third-order valence-electron chi connectivity index (χ3n) is 3.87. The number of hydrazine groups is 1. The Labute approximate surface area is 157 Å². The summed E-state index contributed by atoms with van der Waals surface area (Å²) < 4.78 is 27.7. The van der Waals surface area contributed by atoms with Crippen molar-refractivity contribution in [2.24, 2.45) is 5.84 Å². The van der Waals surface area contributed by atoms with Crippen LogP contribution in [0.1, 0.15) is 16.0 Å². The molecule has 6 nitrogen and oxygen atoms in total. The maximum atomic E-state index is 12.5. The zero-order chi connectivity index (χ0) is 18.7. The minimum atomic E-state index is -3.60. The van der Waals surface area contributed by atoms with Crippen molar-refractivity contribution in [1.29, 1.82) is 0 Å². The molecule has 0 saturated heterocycles. The van der Waals surface area contributed by atoms with Crippen LogP contribution in [0.2, 0.25) is 0 Å². The van der Waals surface area contributed by atoms with E-state index < -0.39 is 10.0 Å². The van der Waals surface area contributed by atoms with Crippen LogP contribution in [0.3, 0.4) is 0 Å². The number of nitrogens with one attached hydrogen (secondary N) is 2. The van der Waals surface area contributed by atoms with Gasteiger partial charge in [0.25, 0.3) is 0 Å². The first-order chi connectivity index (χ1) is 12.4. The van der Waals surface area contributed by atoms with Crippen LogP contribution in [0.4, 0.5) is 5.13 Å². The van der Waals surface area contributed by atoms with Crippen LogP contribution in [-0.2, 0) is 16.6 Å². The van der Waals surface area contributed by atoms with Crippen molar-refractivity contribution in [1.82, 2.24) is 9.71 Å². The Morgan fingerprint density at radius 3 is 2.46 bits per heavy atom. The van der Waals surface area contributed by atoms with Gasteiger partial charge in [0, 0.05) is 17.0 Å². The quantitative estimate of drug-likeness (QED) is 0.445. The molecule has 1 aromatic heterocycles. The van der Waals surface area contributed by atoms with Crippen molar-refractivity contribution in [3.8, 4) is 11.3 Å². The highest BCUT2D eigenvalue weighted by atomic mass is 32.2. The van der Waals surface area contributed by atoms with Crippen LogP contribution < -0.4 is 16.0 Å². The second kappa shape index (κ2) is 7.55. The van der Waals surface area contributed by atoms with E-state index in [9.17, 15) is 8.42 Å². The number of hydrogen-bond donors (Lipinski definition) is 3. The molecule has 0 fully saturated rings. The number of benzene rings is 2. The van der Waals surface area contributed by atoms with Gasteiger partial charge in [-0.05, 0) is 32.0 Å². The highest BCUT2D eigenvalue weighted by Gasteiger charge is 2.18. The number of aromatic nitrogens is 1. The molecular formula is C18H20N4O2S2. The van der Waals surface area contributed by atoms with Gasteiger partial charge in [0.15, 0.2) is 5.13 Å². The fourth-order valence-corrected chi connectivity index (χ4v) is 4.43. The molecule has 0 amide bonds. The second-order valence-electron chi connectivity index (χ2n) is 5.94. The predicted octanol–water partition coefficient (Wildman–Crippen LogP) is 3.19. The van der Waals surface area contributed by atoms with Gasteiger partial charge in [-0.2, -0.15) is 0 Å². The maximum absolute atomic E-state index is 12.5. The number of sulfonamides is 1. The van der Waals surface area contributed by atoms with Gasteiger partial charge >= 0.3 is 0 Å². The minimum Gasteiger partial charge on any atom is -0.300 e. The molecule has 0 aliphatic heterocycles. The lowest BCUT2D eigenvalue weighted by Gasteiger charge is -2.07. The van der Waals surface area contributed by atoms with Crippen LogP contribution in [-0.4, -0.2) is 13.4 Å². The zero-order valence-electron chi connectivity index (χ0n) is 14.5. The summed E-state index contributed by atoms with van der Waals surface area (Å²) in [5.41, 5.74) is 6.29. The van der Waals surface area contributed by atoms with E-state index in [0.717, 1.165) is 27.3 Å². The number of nitrogen functional groups attached to an aromatic ring is 1. The van der Waals surface area contributed by atoms with Gasteiger partial charge in [0.2, 0.25) is 10.0 Å². The summed E-state index contributed by atoms with van der Waals surface area (Å²) >= 11 is 1.32. The highest BCUT2D eigenvalue weighted by molar-refractivity contribution is 7.89. The smallest absolute Gasteiger partial charge is 0.240 e. The van der Waals surface area contributed by atoms with Crippen LogP contribution in [0.15, 0.2) is 53.4 Å². The molecule has 0 atom stereocenters. The molecule has 0 saturated carbocycles. The van der Waals surface area contributed by atoms with Gasteiger partial charge in [-0.25, -0.2) is 24.0 Å². The van der Waals surface area contributed by atoms with E-state index in [1.54, 1.807) is 24.3 Å². The van der Waals surface area contributed by atoms with E-state index in [-0.39, 0.29) is 11.4 Å². The monoisotopic (exact) mass is 388 g/mol. The summed E-state index contributed by atoms with van der Waals surface area (Å²) in [7, 11) is -3.60. The van der Waals surface area contributed by atoms with Gasteiger partial charge < -0.3 is 0 Å². The van der Waals surface area contributed by atoms with E-state index in [1.807, 2.05) is 38.1 Å². The van der Waals surface area contributed by atoms with Crippen LogP contribution in [0.25, 0.3) is 11.3 Å². The first kappa shape index (κ1) is 18.5. The SMILES string of the molecule is Cc1ccc(S(=O)(=O)NCc2sc(NN)nc2-c2cccc(C)c2)cc1. The Morgan fingerprint density at radius 1 is 1.08 bits per heavy atom. The molecule has 0 aliphatic rings. The van der Waals surface area contributed by atoms with Gasteiger partial charge in [-0.3, -0.25) is 5.43 Å². The van der Waals surface area contributed by atoms with E-state index in [4.69, 9.17) is 5.84 Å². The van der Waals surface area contributed by atoms with Crippen molar-refractivity contribution >= 4 is 26.5 Å². The molecule has 0 bridgehead atoms. The molecule has 8 heteroatoms. The van der Waals surface area contributed by atoms with E-state index in [1.165, 1.54) is 11.3 Å². The minimum absolute atomic E-state index is 0.138. The molecule has 2 aromatic carbocycles. The van der Waals surface area contributed by atoms with Crippen molar-refractivity contribution < 1.29 is 8.42 Å². The summed E-state index contributed by atoms with van der Waals surface area (Å²) in [5, 5.41) is 0.533. The number of thiazole rings is 1. The largest absolute Gasteiger partial charge is 0.300 e. The fourth-order valence-electron chi connectivity index (χ4n) is 2.51. The summed E-state index contributed by atoms with van der Waals surface area (Å²) in [6.45, 7) is 4.05. The predicted molar refractivity (Wildman–Crippen MR) is 105 cm³/mol. The molecule has 1 heterocycles.